The van der Waals surface area contributed by atoms with Gasteiger partial charge in [-0.05, 0) is 43.7 Å². The lowest BCUT2D eigenvalue weighted by atomic mass is 10.1. The number of fused-ring (bicyclic) bond motifs is 1. The Bertz CT molecular complexity index is 914. The van der Waals surface area contributed by atoms with Crippen LogP contribution in [-0.2, 0) is 16.1 Å². The standard InChI is InChI=1S/C22H26N2O5/c1-14(24-17-8-6-7-9-18(17)29-15(2)22(24)26)21(25)23(3)13-16-10-11-19(27-4)20(12-16)28-5/h6-12,14-15H,13H2,1-5H3. The quantitative estimate of drug-likeness (QED) is 0.749. The molecule has 154 valence electrons. The number of carbonyl (C=O) groups excluding carboxylic acids is 2. The van der Waals surface area contributed by atoms with E-state index in [1.165, 1.54) is 4.90 Å². The van der Waals surface area contributed by atoms with Crippen molar-refractivity contribution in [2.75, 3.05) is 26.2 Å². The molecule has 3 rings (SSSR count). The minimum Gasteiger partial charge on any atom is -0.493 e. The fraction of sp³-hybridized carbons (Fsp3) is 0.364. The minimum absolute atomic E-state index is 0.169. The third-order valence-corrected chi connectivity index (χ3v) is 5.00. The van der Waals surface area contributed by atoms with Crippen LogP contribution >= 0.6 is 0 Å². The maximum Gasteiger partial charge on any atom is 0.268 e. The second-order valence-electron chi connectivity index (χ2n) is 7.00. The van der Waals surface area contributed by atoms with E-state index in [0.29, 0.717) is 29.5 Å². The van der Waals surface area contributed by atoms with E-state index in [0.717, 1.165) is 5.56 Å². The first-order valence-electron chi connectivity index (χ1n) is 9.42. The summed E-state index contributed by atoms with van der Waals surface area (Å²) in [7, 11) is 4.87. The van der Waals surface area contributed by atoms with Gasteiger partial charge in [-0.2, -0.15) is 0 Å². The van der Waals surface area contributed by atoms with Crippen molar-refractivity contribution in [1.82, 2.24) is 4.90 Å². The molecule has 2 aromatic carbocycles. The zero-order chi connectivity index (χ0) is 21.1. The maximum atomic E-state index is 13.1. The van der Waals surface area contributed by atoms with Gasteiger partial charge < -0.3 is 19.1 Å². The first kappa shape index (κ1) is 20.5. The molecule has 0 radical (unpaired) electrons. The molecule has 0 N–H and O–H groups in total. The maximum absolute atomic E-state index is 13.1. The molecule has 2 unspecified atom stereocenters. The largest absolute Gasteiger partial charge is 0.493 e. The first-order chi connectivity index (χ1) is 13.9. The van der Waals surface area contributed by atoms with Gasteiger partial charge >= 0.3 is 0 Å². The second-order valence-corrected chi connectivity index (χ2v) is 7.00. The van der Waals surface area contributed by atoms with Crippen LogP contribution in [0.3, 0.4) is 0 Å². The number of anilines is 1. The molecule has 0 aliphatic carbocycles. The molecule has 7 heteroatoms. The van der Waals surface area contributed by atoms with Crippen molar-refractivity contribution >= 4 is 17.5 Å². The van der Waals surface area contributed by atoms with Crippen LogP contribution in [0.2, 0.25) is 0 Å². The van der Waals surface area contributed by atoms with Gasteiger partial charge in [0.25, 0.3) is 5.91 Å². The Morgan fingerprint density at radius 1 is 1.17 bits per heavy atom. The van der Waals surface area contributed by atoms with E-state index in [2.05, 4.69) is 0 Å². The van der Waals surface area contributed by atoms with Gasteiger partial charge in [0, 0.05) is 13.6 Å². The van der Waals surface area contributed by atoms with Crippen molar-refractivity contribution < 1.29 is 23.8 Å². The highest BCUT2D eigenvalue weighted by Gasteiger charge is 2.37. The van der Waals surface area contributed by atoms with Crippen LogP contribution in [0.25, 0.3) is 0 Å². The van der Waals surface area contributed by atoms with Gasteiger partial charge in [-0.1, -0.05) is 18.2 Å². The van der Waals surface area contributed by atoms with Gasteiger partial charge in [0.05, 0.1) is 19.9 Å². The number of benzene rings is 2. The molecule has 1 aliphatic rings. The fourth-order valence-corrected chi connectivity index (χ4v) is 3.47. The summed E-state index contributed by atoms with van der Waals surface area (Å²) in [6.07, 6.45) is -0.642. The van der Waals surface area contributed by atoms with Gasteiger partial charge in [-0.25, -0.2) is 0 Å². The average molecular weight is 398 g/mol. The van der Waals surface area contributed by atoms with Gasteiger partial charge in [0.1, 0.15) is 11.8 Å². The fourth-order valence-electron chi connectivity index (χ4n) is 3.47. The number of rotatable bonds is 6. The number of nitrogens with zero attached hydrogens (tertiary/aromatic N) is 2. The van der Waals surface area contributed by atoms with Crippen molar-refractivity contribution in [3.63, 3.8) is 0 Å². The van der Waals surface area contributed by atoms with Crippen molar-refractivity contribution in [2.45, 2.75) is 32.5 Å². The SMILES string of the molecule is COc1ccc(CN(C)C(=O)C(C)N2C(=O)C(C)Oc3ccccc32)cc1OC. The average Bonchev–Trinajstić information content (AvgIpc) is 2.73. The Labute approximate surface area is 170 Å². The highest BCUT2D eigenvalue weighted by Crippen LogP contribution is 2.35. The number of para-hydroxylation sites is 2. The zero-order valence-corrected chi connectivity index (χ0v) is 17.3. The molecule has 0 spiro atoms. The lowest BCUT2D eigenvalue weighted by molar-refractivity contribution is -0.135. The summed E-state index contributed by atoms with van der Waals surface area (Å²) in [5.41, 5.74) is 1.50. The van der Waals surface area contributed by atoms with Crippen molar-refractivity contribution in [3.8, 4) is 17.2 Å². The Kier molecular flexibility index (Phi) is 5.96. The molecule has 1 aliphatic heterocycles. The Morgan fingerprint density at radius 3 is 2.55 bits per heavy atom. The molecule has 29 heavy (non-hydrogen) atoms. The summed E-state index contributed by atoms with van der Waals surface area (Å²) in [6, 6.07) is 12.1. The van der Waals surface area contributed by atoms with Gasteiger partial charge in [0.2, 0.25) is 5.91 Å². The van der Waals surface area contributed by atoms with Crippen LogP contribution in [0.1, 0.15) is 19.4 Å². The van der Waals surface area contributed by atoms with E-state index in [1.54, 1.807) is 58.2 Å². The van der Waals surface area contributed by atoms with Crippen LogP contribution in [0, 0.1) is 0 Å². The Balaban J connectivity index is 1.80. The highest BCUT2D eigenvalue weighted by molar-refractivity contribution is 6.05. The molecule has 2 atom stereocenters. The van der Waals surface area contributed by atoms with E-state index >= 15 is 0 Å². The molecule has 2 amide bonds. The second kappa shape index (κ2) is 8.43. The predicted octanol–water partition coefficient (Wildman–Crippen LogP) is 2.86. The van der Waals surface area contributed by atoms with E-state index < -0.39 is 12.1 Å². The minimum atomic E-state index is -0.667. The number of carbonyl (C=O) groups is 2. The zero-order valence-electron chi connectivity index (χ0n) is 17.3. The Hall–Kier alpha value is -3.22. The van der Waals surface area contributed by atoms with Crippen LogP contribution in [0.5, 0.6) is 17.2 Å². The lowest BCUT2D eigenvalue weighted by Crippen LogP contribution is -2.54. The highest BCUT2D eigenvalue weighted by atomic mass is 16.5. The summed E-state index contributed by atoms with van der Waals surface area (Å²) in [5.74, 6) is 1.43. The summed E-state index contributed by atoms with van der Waals surface area (Å²) < 4.78 is 16.3. The van der Waals surface area contributed by atoms with Crippen molar-refractivity contribution in [3.05, 3.63) is 48.0 Å². The van der Waals surface area contributed by atoms with E-state index in [-0.39, 0.29) is 11.8 Å². The molecule has 2 aromatic rings. The molecular weight excluding hydrogens is 372 g/mol. The van der Waals surface area contributed by atoms with Gasteiger partial charge in [0.15, 0.2) is 17.6 Å². The number of ether oxygens (including phenoxy) is 3. The number of hydrogen-bond donors (Lipinski definition) is 0. The van der Waals surface area contributed by atoms with Crippen molar-refractivity contribution in [1.29, 1.82) is 0 Å². The summed E-state index contributed by atoms with van der Waals surface area (Å²) in [5, 5.41) is 0. The number of amides is 2. The molecule has 0 saturated carbocycles. The van der Waals surface area contributed by atoms with Crippen LogP contribution in [0.15, 0.2) is 42.5 Å². The molecular formula is C22H26N2O5. The van der Waals surface area contributed by atoms with E-state index in [1.807, 2.05) is 24.3 Å². The third kappa shape index (κ3) is 3.99. The monoisotopic (exact) mass is 398 g/mol. The van der Waals surface area contributed by atoms with Gasteiger partial charge in [-0.3, -0.25) is 14.5 Å². The summed E-state index contributed by atoms with van der Waals surface area (Å²) >= 11 is 0. The molecule has 0 fully saturated rings. The van der Waals surface area contributed by atoms with Crippen molar-refractivity contribution in [2.24, 2.45) is 0 Å². The topological polar surface area (TPSA) is 68.3 Å². The first-order valence-corrected chi connectivity index (χ1v) is 9.42. The third-order valence-electron chi connectivity index (χ3n) is 5.00. The molecule has 1 heterocycles. The smallest absolute Gasteiger partial charge is 0.268 e. The molecule has 7 nitrogen and oxygen atoms in total. The van der Waals surface area contributed by atoms with Gasteiger partial charge in [-0.15, -0.1) is 0 Å². The number of likely N-dealkylation sites (N-methyl/N-ethyl adjacent to an activating group) is 1. The van der Waals surface area contributed by atoms with E-state index in [9.17, 15) is 9.59 Å². The van der Waals surface area contributed by atoms with E-state index in [4.69, 9.17) is 14.2 Å². The number of methoxy groups -OCH3 is 2. The molecule has 0 aromatic heterocycles. The van der Waals surface area contributed by atoms with Crippen LogP contribution in [-0.4, -0.2) is 50.1 Å². The normalized spacial score (nSPS) is 16.5. The van der Waals surface area contributed by atoms with Crippen LogP contribution < -0.4 is 19.1 Å². The number of hydrogen-bond acceptors (Lipinski definition) is 5. The summed E-state index contributed by atoms with van der Waals surface area (Å²) in [6.45, 7) is 3.80. The lowest BCUT2D eigenvalue weighted by Gasteiger charge is -2.37. The predicted molar refractivity (Wildman–Crippen MR) is 110 cm³/mol. The molecule has 0 bridgehead atoms. The molecule has 0 saturated heterocycles. The van der Waals surface area contributed by atoms with Crippen LogP contribution in [0.4, 0.5) is 5.69 Å². The summed E-state index contributed by atoms with van der Waals surface area (Å²) in [4.78, 5) is 29.0. The Morgan fingerprint density at radius 2 is 1.86 bits per heavy atom.